The van der Waals surface area contributed by atoms with Gasteiger partial charge in [0.25, 0.3) is 0 Å². The molecule has 0 unspecified atom stereocenters. The van der Waals surface area contributed by atoms with E-state index in [0.717, 1.165) is 25.0 Å². The van der Waals surface area contributed by atoms with Gasteiger partial charge in [-0.25, -0.2) is 0 Å². The molecule has 0 aliphatic heterocycles. The summed E-state index contributed by atoms with van der Waals surface area (Å²) < 4.78 is 5.51. The first kappa shape index (κ1) is 10.7. The van der Waals surface area contributed by atoms with Crippen molar-refractivity contribution in [2.75, 3.05) is 6.61 Å². The summed E-state index contributed by atoms with van der Waals surface area (Å²) in [7, 11) is 0. The van der Waals surface area contributed by atoms with Gasteiger partial charge in [0, 0.05) is 6.42 Å². The molecule has 74 valence electrons. The van der Waals surface area contributed by atoms with Crippen LogP contribution >= 0.6 is 0 Å². The summed E-state index contributed by atoms with van der Waals surface area (Å²) in [6.07, 6.45) is 7.91. The van der Waals surface area contributed by atoms with Crippen LogP contribution in [-0.2, 0) is 6.42 Å². The highest BCUT2D eigenvalue weighted by atomic mass is 16.5. The van der Waals surface area contributed by atoms with Crippen LogP contribution in [0.4, 0.5) is 0 Å². The molecule has 0 atom stereocenters. The maximum absolute atomic E-state index is 5.51. The quantitative estimate of drug-likeness (QED) is 0.510. The van der Waals surface area contributed by atoms with E-state index in [1.807, 2.05) is 12.1 Å². The summed E-state index contributed by atoms with van der Waals surface area (Å²) in [6.45, 7) is 2.85. The lowest BCUT2D eigenvalue weighted by Crippen LogP contribution is -1.96. The van der Waals surface area contributed by atoms with Crippen LogP contribution in [0.3, 0.4) is 0 Å². The molecular formula is C13H16O. The second kappa shape index (κ2) is 6.10. The second-order valence-corrected chi connectivity index (χ2v) is 3.15. The minimum absolute atomic E-state index is 0.704. The summed E-state index contributed by atoms with van der Waals surface area (Å²) in [4.78, 5) is 0. The van der Waals surface area contributed by atoms with E-state index in [-0.39, 0.29) is 0 Å². The largest absolute Gasteiger partial charge is 0.494 e. The minimum Gasteiger partial charge on any atom is -0.494 e. The summed E-state index contributed by atoms with van der Waals surface area (Å²) >= 11 is 0. The van der Waals surface area contributed by atoms with Gasteiger partial charge >= 0.3 is 0 Å². The van der Waals surface area contributed by atoms with E-state index < -0.39 is 0 Å². The van der Waals surface area contributed by atoms with Crippen molar-refractivity contribution in [3.63, 3.8) is 0 Å². The molecule has 0 bridgehead atoms. The maximum Gasteiger partial charge on any atom is 0.119 e. The number of unbranched alkanes of at least 4 members (excludes halogenated alkanes) is 1. The van der Waals surface area contributed by atoms with Gasteiger partial charge in [0.1, 0.15) is 5.75 Å². The lowest BCUT2D eigenvalue weighted by atomic mass is 10.2. The van der Waals surface area contributed by atoms with Gasteiger partial charge in [0.2, 0.25) is 0 Å². The molecule has 14 heavy (non-hydrogen) atoms. The third-order valence-corrected chi connectivity index (χ3v) is 2.07. The van der Waals surface area contributed by atoms with E-state index in [1.54, 1.807) is 0 Å². The summed E-state index contributed by atoms with van der Waals surface area (Å²) in [5.74, 6) is 3.52. The Labute approximate surface area is 86.1 Å². The molecule has 1 aromatic carbocycles. The van der Waals surface area contributed by atoms with Gasteiger partial charge in [-0.1, -0.05) is 19.1 Å². The molecule has 1 heteroatoms. The van der Waals surface area contributed by atoms with Crippen molar-refractivity contribution in [1.82, 2.24) is 0 Å². The summed E-state index contributed by atoms with van der Waals surface area (Å²) in [5, 5.41) is 0. The van der Waals surface area contributed by atoms with Crippen molar-refractivity contribution in [2.45, 2.75) is 26.2 Å². The Morgan fingerprint density at radius 1 is 1.29 bits per heavy atom. The summed E-state index contributed by atoms with van der Waals surface area (Å²) in [5.41, 5.74) is 1.33. The fraction of sp³-hybridized carbons (Fsp3) is 0.385. The van der Waals surface area contributed by atoms with Gasteiger partial charge in [-0.05, 0) is 30.5 Å². The third-order valence-electron chi connectivity index (χ3n) is 2.07. The van der Waals surface area contributed by atoms with E-state index >= 15 is 0 Å². The highest BCUT2D eigenvalue weighted by molar-refractivity contribution is 5.27. The Kier molecular flexibility index (Phi) is 4.64. The van der Waals surface area contributed by atoms with E-state index in [9.17, 15) is 0 Å². The van der Waals surface area contributed by atoms with Crippen molar-refractivity contribution >= 4 is 0 Å². The molecule has 0 N–H and O–H groups in total. The molecule has 0 saturated carbocycles. The van der Waals surface area contributed by atoms with E-state index in [1.165, 1.54) is 5.56 Å². The molecule has 0 aliphatic rings. The normalized spacial score (nSPS) is 9.43. The smallest absolute Gasteiger partial charge is 0.119 e. The zero-order valence-electron chi connectivity index (χ0n) is 8.62. The molecule has 1 rings (SSSR count). The van der Waals surface area contributed by atoms with Crippen LogP contribution in [0.15, 0.2) is 24.3 Å². The highest BCUT2D eigenvalue weighted by Gasteiger charge is 1.93. The maximum atomic E-state index is 5.51. The minimum atomic E-state index is 0.704. The molecule has 0 amide bonds. The van der Waals surface area contributed by atoms with Gasteiger partial charge in [-0.3, -0.25) is 0 Å². The van der Waals surface area contributed by atoms with Gasteiger partial charge in [0.15, 0.2) is 0 Å². The molecule has 0 aliphatic carbocycles. The predicted molar refractivity (Wildman–Crippen MR) is 59.4 cm³/mol. The first-order valence-electron chi connectivity index (χ1n) is 5.02. The topological polar surface area (TPSA) is 9.23 Å². The molecule has 1 nitrogen and oxygen atoms in total. The van der Waals surface area contributed by atoms with Gasteiger partial charge in [-0.15, -0.1) is 12.3 Å². The number of hydrogen-bond donors (Lipinski definition) is 0. The number of ether oxygens (including phenoxy) is 1. The lowest BCUT2D eigenvalue weighted by Gasteiger charge is -2.05. The van der Waals surface area contributed by atoms with Gasteiger partial charge in [0.05, 0.1) is 6.61 Å². The molecule has 0 spiro atoms. The zero-order chi connectivity index (χ0) is 10.2. The summed E-state index contributed by atoms with van der Waals surface area (Å²) in [6, 6.07) is 8.20. The second-order valence-electron chi connectivity index (χ2n) is 3.15. The average molecular weight is 188 g/mol. The number of benzene rings is 1. The standard InChI is InChI=1S/C13H16O/c1-3-5-6-11-14-13-9-7-12(4-2)8-10-13/h1,7-10H,4-6,11H2,2H3. The third kappa shape index (κ3) is 3.53. The molecule has 0 saturated heterocycles. The number of aryl methyl sites for hydroxylation is 1. The van der Waals surface area contributed by atoms with Crippen LogP contribution < -0.4 is 4.74 Å². The zero-order valence-corrected chi connectivity index (χ0v) is 8.62. The predicted octanol–water partition coefficient (Wildman–Crippen LogP) is 3.04. The number of hydrogen-bond acceptors (Lipinski definition) is 1. The van der Waals surface area contributed by atoms with E-state index in [0.29, 0.717) is 6.61 Å². The van der Waals surface area contributed by atoms with Crippen LogP contribution in [0.1, 0.15) is 25.3 Å². The SMILES string of the molecule is C#CCCCOc1ccc(CC)cc1. The number of rotatable bonds is 5. The Morgan fingerprint density at radius 3 is 2.57 bits per heavy atom. The van der Waals surface area contributed by atoms with Crippen LogP contribution in [0.5, 0.6) is 5.75 Å². The van der Waals surface area contributed by atoms with Crippen LogP contribution in [-0.4, -0.2) is 6.61 Å². The van der Waals surface area contributed by atoms with Crippen molar-refractivity contribution in [3.8, 4) is 18.1 Å². The average Bonchev–Trinajstić information content (AvgIpc) is 2.25. The molecule has 0 radical (unpaired) electrons. The highest BCUT2D eigenvalue weighted by Crippen LogP contribution is 2.12. The Morgan fingerprint density at radius 2 is 2.00 bits per heavy atom. The van der Waals surface area contributed by atoms with E-state index in [4.69, 9.17) is 11.2 Å². The molecule has 0 fully saturated rings. The molecule has 0 heterocycles. The molecule has 1 aromatic rings. The number of terminal acetylenes is 1. The Hall–Kier alpha value is -1.42. The first-order chi connectivity index (χ1) is 6.86. The fourth-order valence-corrected chi connectivity index (χ4v) is 1.19. The van der Waals surface area contributed by atoms with Crippen molar-refractivity contribution in [3.05, 3.63) is 29.8 Å². The van der Waals surface area contributed by atoms with E-state index in [2.05, 4.69) is 25.0 Å². The molecular weight excluding hydrogens is 172 g/mol. The van der Waals surface area contributed by atoms with Gasteiger partial charge in [-0.2, -0.15) is 0 Å². The van der Waals surface area contributed by atoms with Crippen LogP contribution in [0.2, 0.25) is 0 Å². The van der Waals surface area contributed by atoms with Crippen molar-refractivity contribution in [1.29, 1.82) is 0 Å². The van der Waals surface area contributed by atoms with Crippen LogP contribution in [0, 0.1) is 12.3 Å². The van der Waals surface area contributed by atoms with Crippen LogP contribution in [0.25, 0.3) is 0 Å². The Bertz CT molecular complexity index is 292. The Balaban J connectivity index is 2.33. The van der Waals surface area contributed by atoms with Crippen molar-refractivity contribution < 1.29 is 4.74 Å². The van der Waals surface area contributed by atoms with Crippen molar-refractivity contribution in [2.24, 2.45) is 0 Å². The fourth-order valence-electron chi connectivity index (χ4n) is 1.19. The molecule has 0 aromatic heterocycles. The monoisotopic (exact) mass is 188 g/mol. The first-order valence-corrected chi connectivity index (χ1v) is 5.02. The van der Waals surface area contributed by atoms with Gasteiger partial charge < -0.3 is 4.74 Å². The lowest BCUT2D eigenvalue weighted by molar-refractivity contribution is 0.313.